The minimum atomic E-state index is 0.253. The Kier molecular flexibility index (Phi) is 6.94. The summed E-state index contributed by atoms with van der Waals surface area (Å²) in [6.45, 7) is 5.63. The average Bonchev–Trinajstić information content (AvgIpc) is 3.55. The van der Waals surface area contributed by atoms with Crippen LogP contribution in [0, 0.1) is 6.92 Å². The normalized spacial score (nSPS) is 12.3. The topological polar surface area (TPSA) is 91.9 Å². The standard InChI is InChI=1S/C31H33N7O2/c1-20(34-28-16-25(40-4)15-22-8-5-12-33-30(22)28)7-6-14-37-18-23(35-36-37)19-38-29-17-24(39-3)9-10-26(29)27-11-13-32-21(2)31(27)38/h5,8-13,15-18,20,34H,6-7,14,19H2,1-4H3. The molecule has 1 atom stereocenters. The quantitative estimate of drug-likeness (QED) is 0.231. The number of fused-ring (bicyclic) bond motifs is 4. The molecule has 0 fully saturated rings. The predicted molar refractivity (Wildman–Crippen MR) is 158 cm³/mol. The number of aromatic nitrogens is 6. The van der Waals surface area contributed by atoms with Crippen LogP contribution in [0.2, 0.25) is 0 Å². The maximum Gasteiger partial charge on any atom is 0.121 e. The second kappa shape index (κ2) is 10.8. The van der Waals surface area contributed by atoms with E-state index in [4.69, 9.17) is 9.47 Å². The third-order valence-corrected chi connectivity index (χ3v) is 7.41. The van der Waals surface area contributed by atoms with Crippen LogP contribution in [0.1, 0.15) is 31.2 Å². The Morgan fingerprint density at radius 2 is 1.82 bits per heavy atom. The van der Waals surface area contributed by atoms with Crippen molar-refractivity contribution in [1.29, 1.82) is 0 Å². The van der Waals surface area contributed by atoms with E-state index in [0.29, 0.717) is 6.54 Å². The molecule has 0 amide bonds. The number of benzene rings is 2. The summed E-state index contributed by atoms with van der Waals surface area (Å²) in [5.74, 6) is 1.64. The summed E-state index contributed by atoms with van der Waals surface area (Å²) >= 11 is 0. The summed E-state index contributed by atoms with van der Waals surface area (Å²) in [6.07, 6.45) is 7.66. The Balaban J connectivity index is 1.14. The molecule has 4 heterocycles. The summed E-state index contributed by atoms with van der Waals surface area (Å²) in [5, 5.41) is 16.0. The van der Waals surface area contributed by atoms with Gasteiger partial charge < -0.3 is 19.4 Å². The fourth-order valence-corrected chi connectivity index (χ4v) is 5.46. The van der Waals surface area contributed by atoms with E-state index in [1.165, 1.54) is 10.8 Å². The Labute approximate surface area is 232 Å². The first-order valence-corrected chi connectivity index (χ1v) is 13.5. The molecule has 1 unspecified atom stereocenters. The molecule has 2 aromatic carbocycles. The largest absolute Gasteiger partial charge is 0.497 e. The van der Waals surface area contributed by atoms with Gasteiger partial charge in [0.05, 0.1) is 54.9 Å². The zero-order chi connectivity index (χ0) is 27.6. The monoisotopic (exact) mass is 535 g/mol. The lowest BCUT2D eigenvalue weighted by Gasteiger charge is -2.17. The van der Waals surface area contributed by atoms with Crippen molar-refractivity contribution in [3.8, 4) is 11.5 Å². The molecule has 0 radical (unpaired) electrons. The lowest BCUT2D eigenvalue weighted by atomic mass is 10.1. The Hall–Kier alpha value is -4.66. The molecule has 9 heteroatoms. The molecule has 1 N–H and O–H groups in total. The van der Waals surface area contributed by atoms with Gasteiger partial charge in [-0.25, -0.2) is 0 Å². The second-order valence-electron chi connectivity index (χ2n) is 10.2. The molecular formula is C31H33N7O2. The van der Waals surface area contributed by atoms with E-state index in [1.807, 2.05) is 54.5 Å². The van der Waals surface area contributed by atoms with Crippen molar-refractivity contribution in [3.63, 3.8) is 0 Å². The highest BCUT2D eigenvalue weighted by Crippen LogP contribution is 2.33. The second-order valence-corrected chi connectivity index (χ2v) is 10.2. The van der Waals surface area contributed by atoms with Crippen molar-refractivity contribution < 1.29 is 9.47 Å². The zero-order valence-corrected chi connectivity index (χ0v) is 23.3. The van der Waals surface area contributed by atoms with E-state index in [2.05, 4.69) is 61.4 Å². The molecule has 0 aliphatic carbocycles. The van der Waals surface area contributed by atoms with Gasteiger partial charge in [0.1, 0.15) is 17.2 Å². The third kappa shape index (κ3) is 4.90. The van der Waals surface area contributed by atoms with E-state index in [9.17, 15) is 0 Å². The number of rotatable bonds is 10. The maximum absolute atomic E-state index is 5.52. The van der Waals surface area contributed by atoms with Gasteiger partial charge in [0.25, 0.3) is 0 Å². The van der Waals surface area contributed by atoms with Crippen LogP contribution in [0.3, 0.4) is 0 Å². The summed E-state index contributed by atoms with van der Waals surface area (Å²) < 4.78 is 15.2. The van der Waals surface area contributed by atoms with E-state index >= 15 is 0 Å². The highest BCUT2D eigenvalue weighted by atomic mass is 16.5. The summed E-state index contributed by atoms with van der Waals surface area (Å²) in [7, 11) is 3.38. The van der Waals surface area contributed by atoms with E-state index in [1.54, 1.807) is 14.2 Å². The van der Waals surface area contributed by atoms with Gasteiger partial charge in [-0.05, 0) is 57.0 Å². The van der Waals surface area contributed by atoms with Gasteiger partial charge in [0.2, 0.25) is 0 Å². The number of ether oxygens (including phenoxy) is 2. The minimum absolute atomic E-state index is 0.253. The molecule has 0 aliphatic heterocycles. The third-order valence-electron chi connectivity index (χ3n) is 7.41. The Bertz CT molecular complexity index is 1810. The number of nitrogens with zero attached hydrogens (tertiary/aromatic N) is 6. The molecule has 204 valence electrons. The number of hydrogen-bond acceptors (Lipinski definition) is 7. The highest BCUT2D eigenvalue weighted by molar-refractivity contribution is 6.09. The Morgan fingerprint density at radius 1 is 0.950 bits per heavy atom. The van der Waals surface area contributed by atoms with Crippen molar-refractivity contribution in [3.05, 3.63) is 78.5 Å². The molecule has 6 aromatic rings. The molecule has 0 bridgehead atoms. The van der Waals surface area contributed by atoms with Crippen LogP contribution in [0.4, 0.5) is 5.69 Å². The summed E-state index contributed by atoms with van der Waals surface area (Å²) in [6, 6.07) is 16.5. The SMILES string of the molecule is COc1cc(NC(C)CCCn2cc(Cn3c4cc(OC)ccc4c4ccnc(C)c43)nn2)c2ncccc2c1. The smallest absolute Gasteiger partial charge is 0.121 e. The van der Waals surface area contributed by atoms with Crippen LogP contribution >= 0.6 is 0 Å². The molecule has 40 heavy (non-hydrogen) atoms. The van der Waals surface area contributed by atoms with Crippen LogP contribution in [0.25, 0.3) is 32.7 Å². The van der Waals surface area contributed by atoms with Crippen LogP contribution in [0.5, 0.6) is 11.5 Å². The van der Waals surface area contributed by atoms with Crippen LogP contribution < -0.4 is 14.8 Å². The fraction of sp³-hybridized carbons (Fsp3) is 0.290. The fourth-order valence-electron chi connectivity index (χ4n) is 5.46. The minimum Gasteiger partial charge on any atom is -0.497 e. The van der Waals surface area contributed by atoms with Crippen molar-refractivity contribution in [2.45, 2.75) is 45.8 Å². The number of methoxy groups -OCH3 is 2. The first-order chi connectivity index (χ1) is 19.5. The van der Waals surface area contributed by atoms with Gasteiger partial charge in [0.15, 0.2) is 0 Å². The molecule has 0 saturated carbocycles. The number of aryl methyl sites for hydroxylation is 2. The van der Waals surface area contributed by atoms with E-state index in [0.717, 1.165) is 69.9 Å². The van der Waals surface area contributed by atoms with Gasteiger partial charge in [-0.1, -0.05) is 11.3 Å². The van der Waals surface area contributed by atoms with E-state index in [-0.39, 0.29) is 6.04 Å². The molecule has 6 rings (SSSR count). The number of pyridine rings is 2. The molecular weight excluding hydrogens is 502 g/mol. The first-order valence-electron chi connectivity index (χ1n) is 13.5. The number of hydrogen-bond donors (Lipinski definition) is 1. The van der Waals surface area contributed by atoms with Gasteiger partial charge in [-0.15, -0.1) is 5.10 Å². The summed E-state index contributed by atoms with van der Waals surface area (Å²) in [4.78, 5) is 9.13. The van der Waals surface area contributed by atoms with Crippen molar-refractivity contribution in [2.24, 2.45) is 0 Å². The van der Waals surface area contributed by atoms with Gasteiger partial charge >= 0.3 is 0 Å². The highest BCUT2D eigenvalue weighted by Gasteiger charge is 2.16. The molecule has 4 aromatic heterocycles. The van der Waals surface area contributed by atoms with Gasteiger partial charge in [-0.3, -0.25) is 14.6 Å². The Morgan fingerprint density at radius 3 is 2.67 bits per heavy atom. The molecule has 0 saturated heterocycles. The average molecular weight is 536 g/mol. The van der Waals surface area contributed by atoms with Crippen LogP contribution in [-0.4, -0.2) is 49.8 Å². The van der Waals surface area contributed by atoms with Gasteiger partial charge in [-0.2, -0.15) is 0 Å². The number of anilines is 1. The summed E-state index contributed by atoms with van der Waals surface area (Å²) in [5.41, 5.74) is 6.03. The lowest BCUT2D eigenvalue weighted by molar-refractivity contribution is 0.415. The maximum atomic E-state index is 5.52. The molecule has 0 spiro atoms. The van der Waals surface area contributed by atoms with Gasteiger partial charge in [0, 0.05) is 53.3 Å². The van der Waals surface area contributed by atoms with Crippen molar-refractivity contribution in [1.82, 2.24) is 29.5 Å². The zero-order valence-electron chi connectivity index (χ0n) is 23.3. The van der Waals surface area contributed by atoms with Crippen LogP contribution in [0.15, 0.2) is 67.1 Å². The van der Waals surface area contributed by atoms with Crippen molar-refractivity contribution in [2.75, 3.05) is 19.5 Å². The first kappa shape index (κ1) is 25.6. The van der Waals surface area contributed by atoms with Crippen LogP contribution in [-0.2, 0) is 13.1 Å². The molecule has 9 nitrogen and oxygen atoms in total. The van der Waals surface area contributed by atoms with Crippen molar-refractivity contribution >= 4 is 38.4 Å². The molecule has 0 aliphatic rings. The lowest BCUT2D eigenvalue weighted by Crippen LogP contribution is -2.16. The van der Waals surface area contributed by atoms with E-state index < -0.39 is 0 Å². The predicted octanol–water partition coefficient (Wildman–Crippen LogP) is 5.98. The number of nitrogens with one attached hydrogen (secondary N) is 1.